The topological polar surface area (TPSA) is 49.9 Å². The van der Waals surface area contributed by atoms with Crippen LogP contribution in [0.3, 0.4) is 0 Å². The molecule has 0 aliphatic carbocycles. The van der Waals surface area contributed by atoms with Crippen molar-refractivity contribution in [3.63, 3.8) is 0 Å². The van der Waals surface area contributed by atoms with Crippen LogP contribution >= 0.6 is 11.3 Å². The summed E-state index contributed by atoms with van der Waals surface area (Å²) < 4.78 is 7.57. The smallest absolute Gasteiger partial charge is 0.137 e. The lowest BCUT2D eigenvalue weighted by molar-refractivity contribution is 0.301. The summed E-state index contributed by atoms with van der Waals surface area (Å²) in [5.41, 5.74) is 8.15. The predicted octanol–water partition coefficient (Wildman–Crippen LogP) is 9.23. The first-order chi connectivity index (χ1) is 18.4. The van der Waals surface area contributed by atoms with E-state index >= 15 is 0 Å². The van der Waals surface area contributed by atoms with E-state index in [-0.39, 0.29) is 0 Å². The van der Waals surface area contributed by atoms with E-state index < -0.39 is 0 Å². The second kappa shape index (κ2) is 8.60. The monoisotopic (exact) mass is 517 g/mol. The standard InChI is InChI=1S/C33H31N3OS/c1-17(2)19(4)34-30-18(3)24-12-13-38-33(24)28-15-22(7-10-26(28)30)21-6-9-25-23(14-21)8-11-27-31-29(16-37-32(25)27)35-20(5)36-31/h6-15,17,19,34H,16H2,1-5H3,(H,35,36). The maximum Gasteiger partial charge on any atom is 0.137 e. The van der Waals surface area contributed by atoms with Crippen molar-refractivity contribution in [1.82, 2.24) is 9.97 Å². The Morgan fingerprint density at radius 2 is 1.68 bits per heavy atom. The van der Waals surface area contributed by atoms with E-state index in [2.05, 4.69) is 98.0 Å². The Morgan fingerprint density at radius 3 is 2.50 bits per heavy atom. The summed E-state index contributed by atoms with van der Waals surface area (Å²) in [5, 5.41) is 12.3. The molecule has 38 heavy (non-hydrogen) atoms. The zero-order chi connectivity index (χ0) is 26.1. The summed E-state index contributed by atoms with van der Waals surface area (Å²) in [6.45, 7) is 11.6. The number of aromatic nitrogens is 2. The summed E-state index contributed by atoms with van der Waals surface area (Å²) in [4.78, 5) is 8.04. The van der Waals surface area contributed by atoms with Gasteiger partial charge in [0.15, 0.2) is 0 Å². The maximum atomic E-state index is 6.21. The maximum absolute atomic E-state index is 6.21. The molecule has 190 valence electrons. The Bertz CT molecular complexity index is 1880. The molecule has 4 nitrogen and oxygen atoms in total. The fourth-order valence-electron chi connectivity index (χ4n) is 5.69. The van der Waals surface area contributed by atoms with Gasteiger partial charge < -0.3 is 15.0 Å². The Kier molecular flexibility index (Phi) is 5.27. The average Bonchev–Trinajstić information content (AvgIpc) is 3.56. The van der Waals surface area contributed by atoms with Crippen molar-refractivity contribution in [3.05, 3.63) is 77.1 Å². The first-order valence-corrected chi connectivity index (χ1v) is 14.2. The molecule has 0 spiro atoms. The van der Waals surface area contributed by atoms with Crippen LogP contribution in [-0.4, -0.2) is 16.0 Å². The number of nitrogens with one attached hydrogen (secondary N) is 2. The van der Waals surface area contributed by atoms with Crippen molar-refractivity contribution in [1.29, 1.82) is 0 Å². The molecule has 3 heterocycles. The third-order valence-electron chi connectivity index (χ3n) is 8.17. The van der Waals surface area contributed by atoms with Crippen LogP contribution in [0.5, 0.6) is 5.75 Å². The van der Waals surface area contributed by atoms with Crippen LogP contribution in [0.1, 0.15) is 37.9 Å². The SMILES string of the molecule is Cc1nc2c([nH]1)COc1c-2ccc2cc(-c3ccc4c(NC(C)C(C)C)c(C)c5ccsc5c4c3)ccc12. The van der Waals surface area contributed by atoms with Crippen molar-refractivity contribution >= 4 is 48.7 Å². The quantitative estimate of drug-likeness (QED) is 0.245. The molecule has 5 heteroatoms. The Morgan fingerprint density at radius 1 is 0.895 bits per heavy atom. The Balaban J connectivity index is 1.36. The second-order valence-corrected chi connectivity index (χ2v) is 11.8. The highest BCUT2D eigenvalue weighted by atomic mass is 32.1. The van der Waals surface area contributed by atoms with Gasteiger partial charge in [-0.15, -0.1) is 11.3 Å². The highest BCUT2D eigenvalue weighted by molar-refractivity contribution is 7.18. The van der Waals surface area contributed by atoms with Crippen molar-refractivity contribution < 1.29 is 4.74 Å². The van der Waals surface area contributed by atoms with Crippen molar-refractivity contribution in [2.75, 3.05) is 5.32 Å². The third-order valence-corrected chi connectivity index (χ3v) is 9.11. The molecule has 1 unspecified atom stereocenters. The number of anilines is 1. The molecule has 1 aliphatic rings. The molecule has 6 aromatic rings. The zero-order valence-electron chi connectivity index (χ0n) is 22.4. The van der Waals surface area contributed by atoms with Crippen LogP contribution in [0, 0.1) is 19.8 Å². The third kappa shape index (κ3) is 3.52. The van der Waals surface area contributed by atoms with Crippen molar-refractivity contribution in [2.24, 2.45) is 5.92 Å². The summed E-state index contributed by atoms with van der Waals surface area (Å²) in [5.74, 6) is 2.40. The predicted molar refractivity (Wildman–Crippen MR) is 162 cm³/mol. The van der Waals surface area contributed by atoms with Gasteiger partial charge in [0, 0.05) is 38.2 Å². The lowest BCUT2D eigenvalue weighted by Gasteiger charge is -2.23. The van der Waals surface area contributed by atoms with Crippen LogP contribution < -0.4 is 10.1 Å². The fourth-order valence-corrected chi connectivity index (χ4v) is 6.68. The van der Waals surface area contributed by atoms with Crippen molar-refractivity contribution in [2.45, 2.75) is 47.3 Å². The van der Waals surface area contributed by atoms with Gasteiger partial charge in [0.1, 0.15) is 18.2 Å². The fraction of sp³-hybridized carbons (Fsp3) is 0.242. The molecule has 1 aliphatic heterocycles. The minimum atomic E-state index is 0.391. The Labute approximate surface area is 226 Å². The first kappa shape index (κ1) is 23.3. The number of aryl methyl sites for hydroxylation is 2. The number of nitrogens with zero attached hydrogens (tertiary/aromatic N) is 1. The molecular formula is C33H31N3OS. The number of thiophene rings is 1. The van der Waals surface area contributed by atoms with E-state index in [1.165, 1.54) is 48.6 Å². The number of imidazole rings is 1. The number of fused-ring (bicyclic) bond motifs is 8. The molecule has 7 rings (SSSR count). The molecule has 0 saturated carbocycles. The molecule has 1 atom stereocenters. The summed E-state index contributed by atoms with van der Waals surface area (Å²) in [7, 11) is 0. The second-order valence-electron chi connectivity index (χ2n) is 10.9. The van der Waals surface area contributed by atoms with Gasteiger partial charge in [0.25, 0.3) is 0 Å². The van der Waals surface area contributed by atoms with Gasteiger partial charge in [-0.3, -0.25) is 0 Å². The van der Waals surface area contributed by atoms with Gasteiger partial charge >= 0.3 is 0 Å². The van der Waals surface area contributed by atoms with Gasteiger partial charge in [0.2, 0.25) is 0 Å². The van der Waals surface area contributed by atoms with E-state index in [1.54, 1.807) is 0 Å². The average molecular weight is 518 g/mol. The molecule has 4 aromatic carbocycles. The van der Waals surface area contributed by atoms with Gasteiger partial charge in [-0.2, -0.15) is 0 Å². The minimum Gasteiger partial charge on any atom is -0.486 e. The van der Waals surface area contributed by atoms with Gasteiger partial charge in [-0.1, -0.05) is 44.2 Å². The van der Waals surface area contributed by atoms with E-state index in [0.717, 1.165) is 33.9 Å². The first-order valence-electron chi connectivity index (χ1n) is 13.3. The molecule has 2 aromatic heterocycles. The van der Waals surface area contributed by atoms with E-state index in [4.69, 9.17) is 9.72 Å². The summed E-state index contributed by atoms with van der Waals surface area (Å²) >= 11 is 1.83. The largest absolute Gasteiger partial charge is 0.486 e. The lowest BCUT2D eigenvalue weighted by atomic mass is 9.94. The summed E-state index contributed by atoms with van der Waals surface area (Å²) in [6.07, 6.45) is 0. The number of benzene rings is 4. The number of aromatic amines is 1. The van der Waals surface area contributed by atoms with Gasteiger partial charge in [-0.25, -0.2) is 4.98 Å². The van der Waals surface area contributed by atoms with Crippen molar-refractivity contribution in [3.8, 4) is 28.1 Å². The normalized spacial score (nSPS) is 13.6. The number of hydrogen-bond donors (Lipinski definition) is 2. The van der Waals surface area contributed by atoms with Crippen LogP contribution in [-0.2, 0) is 6.61 Å². The highest BCUT2D eigenvalue weighted by Gasteiger charge is 2.23. The molecule has 0 radical (unpaired) electrons. The molecule has 0 bridgehead atoms. The van der Waals surface area contributed by atoms with Gasteiger partial charge in [-0.05, 0) is 83.8 Å². The van der Waals surface area contributed by atoms with E-state index in [1.807, 2.05) is 18.3 Å². The van der Waals surface area contributed by atoms with Crippen LogP contribution in [0.15, 0.2) is 60.0 Å². The Hall–Kier alpha value is -3.83. The van der Waals surface area contributed by atoms with Crippen LogP contribution in [0.4, 0.5) is 5.69 Å². The lowest BCUT2D eigenvalue weighted by Crippen LogP contribution is -2.22. The molecular weight excluding hydrogens is 486 g/mol. The minimum absolute atomic E-state index is 0.391. The number of ether oxygens (including phenoxy) is 1. The van der Waals surface area contributed by atoms with Gasteiger partial charge in [0.05, 0.1) is 11.4 Å². The van der Waals surface area contributed by atoms with Crippen LogP contribution in [0.25, 0.3) is 54.0 Å². The van der Waals surface area contributed by atoms with E-state index in [0.29, 0.717) is 18.6 Å². The molecule has 0 fully saturated rings. The zero-order valence-corrected chi connectivity index (χ0v) is 23.2. The molecule has 0 amide bonds. The highest BCUT2D eigenvalue weighted by Crippen LogP contribution is 2.44. The van der Waals surface area contributed by atoms with Crippen LogP contribution in [0.2, 0.25) is 0 Å². The number of rotatable bonds is 4. The molecule has 0 saturated heterocycles. The molecule has 2 N–H and O–H groups in total. The summed E-state index contributed by atoms with van der Waals surface area (Å²) in [6, 6.07) is 20.6. The number of H-pyrrole nitrogens is 1. The van der Waals surface area contributed by atoms with E-state index in [9.17, 15) is 0 Å². The number of hydrogen-bond acceptors (Lipinski definition) is 4.